The molecule has 0 radical (unpaired) electrons. The van der Waals surface area contributed by atoms with E-state index >= 15 is 0 Å². The molecule has 0 spiro atoms. The molecule has 0 aromatic carbocycles. The lowest BCUT2D eigenvalue weighted by Gasteiger charge is -2.18. The van der Waals surface area contributed by atoms with Crippen molar-refractivity contribution >= 4 is 0 Å². The Bertz CT molecular complexity index is 532. The van der Waals surface area contributed by atoms with Gasteiger partial charge in [-0.25, -0.2) is 0 Å². The van der Waals surface area contributed by atoms with Gasteiger partial charge in [-0.2, -0.15) is 0 Å². The maximum atomic E-state index is 5.68. The fourth-order valence-corrected chi connectivity index (χ4v) is 2.08. The molecule has 2 nitrogen and oxygen atoms in total. The van der Waals surface area contributed by atoms with Gasteiger partial charge in [-0.1, -0.05) is 41.5 Å². The van der Waals surface area contributed by atoms with Gasteiger partial charge in [-0.15, -0.1) is 0 Å². The van der Waals surface area contributed by atoms with Crippen molar-refractivity contribution in [3.05, 3.63) is 35.9 Å². The van der Waals surface area contributed by atoms with Crippen LogP contribution < -0.4 is 0 Å². The summed E-state index contributed by atoms with van der Waals surface area (Å²) < 4.78 is 5.68. The molecular weight excluding hydrogens is 222 g/mol. The van der Waals surface area contributed by atoms with Crippen molar-refractivity contribution in [2.75, 3.05) is 0 Å². The van der Waals surface area contributed by atoms with E-state index in [1.54, 1.807) is 6.26 Å². The highest BCUT2D eigenvalue weighted by atomic mass is 16.3. The fraction of sp³-hybridized carbons (Fsp3) is 0.500. The third-order valence-corrected chi connectivity index (χ3v) is 3.23. The van der Waals surface area contributed by atoms with E-state index in [-0.39, 0.29) is 10.8 Å². The van der Waals surface area contributed by atoms with Gasteiger partial charge >= 0.3 is 0 Å². The van der Waals surface area contributed by atoms with Gasteiger partial charge in [0.1, 0.15) is 5.76 Å². The topological polar surface area (TPSA) is 28.9 Å². The minimum Gasteiger partial charge on any atom is -0.464 e. The van der Waals surface area contributed by atoms with Crippen LogP contribution in [0.2, 0.25) is 0 Å². The summed E-state index contributed by atoms with van der Waals surface area (Å²) in [4.78, 5) is 3.35. The normalized spacial score (nSPS) is 13.0. The highest BCUT2D eigenvalue weighted by Gasteiger charge is 2.23. The Kier molecular flexibility index (Phi) is 2.92. The Hall–Kier alpha value is -1.44. The van der Waals surface area contributed by atoms with E-state index in [1.165, 1.54) is 11.3 Å². The SMILES string of the molecule is CC(C)(C)c1cc(-c2occc2C(C)(C)C)c[nH]1. The number of H-pyrrole nitrogens is 1. The van der Waals surface area contributed by atoms with Crippen LogP contribution >= 0.6 is 0 Å². The highest BCUT2D eigenvalue weighted by Crippen LogP contribution is 2.35. The lowest BCUT2D eigenvalue weighted by atomic mass is 9.86. The van der Waals surface area contributed by atoms with Crippen LogP contribution in [0.5, 0.6) is 0 Å². The number of nitrogens with one attached hydrogen (secondary N) is 1. The van der Waals surface area contributed by atoms with Crippen molar-refractivity contribution in [3.63, 3.8) is 0 Å². The monoisotopic (exact) mass is 245 g/mol. The maximum Gasteiger partial charge on any atom is 0.139 e. The van der Waals surface area contributed by atoms with Gasteiger partial charge in [-0.3, -0.25) is 0 Å². The molecule has 0 aliphatic heterocycles. The molecule has 2 aromatic rings. The Balaban J connectivity index is 2.45. The molecule has 2 heterocycles. The summed E-state index contributed by atoms with van der Waals surface area (Å²) in [5, 5.41) is 0. The first-order valence-electron chi connectivity index (χ1n) is 6.47. The second-order valence-electron chi connectivity index (χ2n) is 6.97. The zero-order chi connectivity index (χ0) is 13.6. The van der Waals surface area contributed by atoms with Gasteiger partial charge in [0.2, 0.25) is 0 Å². The van der Waals surface area contributed by atoms with E-state index in [2.05, 4.69) is 58.7 Å². The Morgan fingerprint density at radius 2 is 1.67 bits per heavy atom. The van der Waals surface area contributed by atoms with Crippen LogP contribution in [0.1, 0.15) is 52.8 Å². The Morgan fingerprint density at radius 1 is 1.00 bits per heavy atom. The molecule has 0 atom stereocenters. The Labute approximate surface area is 109 Å². The quantitative estimate of drug-likeness (QED) is 0.763. The number of hydrogen-bond acceptors (Lipinski definition) is 1. The molecule has 2 aromatic heterocycles. The lowest BCUT2D eigenvalue weighted by molar-refractivity contribution is 0.550. The van der Waals surface area contributed by atoms with Crippen LogP contribution in [-0.2, 0) is 10.8 Å². The molecule has 98 valence electrons. The third kappa shape index (κ3) is 2.38. The summed E-state index contributed by atoms with van der Waals surface area (Å²) in [6.45, 7) is 13.2. The average molecular weight is 245 g/mol. The molecule has 0 unspecified atom stereocenters. The fourth-order valence-electron chi connectivity index (χ4n) is 2.08. The first-order chi connectivity index (χ1) is 8.19. The van der Waals surface area contributed by atoms with Gasteiger partial charge in [0.25, 0.3) is 0 Å². The first-order valence-corrected chi connectivity index (χ1v) is 6.47. The lowest BCUT2D eigenvalue weighted by Crippen LogP contribution is -2.11. The van der Waals surface area contributed by atoms with Crippen LogP contribution in [0.15, 0.2) is 29.0 Å². The van der Waals surface area contributed by atoms with Crippen LogP contribution in [-0.4, -0.2) is 4.98 Å². The van der Waals surface area contributed by atoms with E-state index in [4.69, 9.17) is 4.42 Å². The van der Waals surface area contributed by atoms with Crippen LogP contribution in [0.4, 0.5) is 0 Å². The summed E-state index contributed by atoms with van der Waals surface area (Å²) in [5.74, 6) is 0.981. The van der Waals surface area contributed by atoms with Crippen LogP contribution in [0.3, 0.4) is 0 Å². The van der Waals surface area contributed by atoms with E-state index < -0.39 is 0 Å². The standard InChI is InChI=1S/C16H23NO/c1-15(2,3)12-7-8-18-14(12)11-9-13(17-10-11)16(4,5)6/h7-10,17H,1-6H3. The highest BCUT2D eigenvalue weighted by molar-refractivity contribution is 5.63. The van der Waals surface area contributed by atoms with E-state index in [1.807, 2.05) is 6.20 Å². The third-order valence-electron chi connectivity index (χ3n) is 3.23. The molecular formula is C16H23NO. The van der Waals surface area contributed by atoms with Crippen molar-refractivity contribution < 1.29 is 4.42 Å². The zero-order valence-corrected chi connectivity index (χ0v) is 12.2. The zero-order valence-electron chi connectivity index (χ0n) is 12.2. The summed E-state index contributed by atoms with van der Waals surface area (Å²) in [6, 6.07) is 4.26. The van der Waals surface area contributed by atoms with E-state index in [9.17, 15) is 0 Å². The molecule has 0 bridgehead atoms. The number of furan rings is 1. The van der Waals surface area contributed by atoms with Crippen LogP contribution in [0.25, 0.3) is 11.3 Å². The smallest absolute Gasteiger partial charge is 0.139 e. The van der Waals surface area contributed by atoms with Crippen molar-refractivity contribution in [2.45, 2.75) is 52.4 Å². The number of rotatable bonds is 1. The number of aromatic nitrogens is 1. The van der Waals surface area contributed by atoms with Gasteiger partial charge in [0, 0.05) is 28.4 Å². The van der Waals surface area contributed by atoms with Gasteiger partial charge in [0.05, 0.1) is 6.26 Å². The number of aromatic amines is 1. The van der Waals surface area contributed by atoms with Gasteiger partial charge in [0.15, 0.2) is 0 Å². The second kappa shape index (κ2) is 4.04. The molecule has 0 aliphatic carbocycles. The summed E-state index contributed by atoms with van der Waals surface area (Å²) in [7, 11) is 0. The van der Waals surface area contributed by atoms with E-state index in [0.717, 1.165) is 11.3 Å². The summed E-state index contributed by atoms with van der Waals surface area (Å²) in [5.41, 5.74) is 3.85. The number of hydrogen-bond donors (Lipinski definition) is 1. The van der Waals surface area contributed by atoms with Crippen LogP contribution in [0, 0.1) is 0 Å². The summed E-state index contributed by atoms with van der Waals surface area (Å²) in [6.07, 6.45) is 3.81. The second-order valence-corrected chi connectivity index (χ2v) is 6.97. The minimum absolute atomic E-state index is 0.0987. The molecule has 2 heteroatoms. The molecule has 0 amide bonds. The largest absolute Gasteiger partial charge is 0.464 e. The molecule has 0 fully saturated rings. The molecule has 0 saturated carbocycles. The van der Waals surface area contributed by atoms with Crippen molar-refractivity contribution in [1.29, 1.82) is 0 Å². The molecule has 2 rings (SSSR count). The Morgan fingerprint density at radius 3 is 2.17 bits per heavy atom. The predicted molar refractivity (Wildman–Crippen MR) is 75.9 cm³/mol. The predicted octanol–water partition coefficient (Wildman–Crippen LogP) is 4.87. The molecule has 18 heavy (non-hydrogen) atoms. The molecule has 0 aliphatic rings. The maximum absolute atomic E-state index is 5.68. The van der Waals surface area contributed by atoms with Crippen molar-refractivity contribution in [2.24, 2.45) is 0 Å². The van der Waals surface area contributed by atoms with Gasteiger partial charge < -0.3 is 9.40 Å². The summed E-state index contributed by atoms with van der Waals surface area (Å²) >= 11 is 0. The molecule has 1 N–H and O–H groups in total. The van der Waals surface area contributed by atoms with Crippen molar-refractivity contribution in [1.82, 2.24) is 4.98 Å². The van der Waals surface area contributed by atoms with E-state index in [0.29, 0.717) is 0 Å². The minimum atomic E-state index is 0.0987. The average Bonchev–Trinajstić information content (AvgIpc) is 2.84. The van der Waals surface area contributed by atoms with Gasteiger partial charge in [-0.05, 0) is 17.5 Å². The van der Waals surface area contributed by atoms with Crippen molar-refractivity contribution in [3.8, 4) is 11.3 Å². The molecule has 0 saturated heterocycles. The first kappa shape index (κ1) is 13.0.